The molecule has 3 rings (SSSR count). The zero-order chi connectivity index (χ0) is 19.8. The Morgan fingerprint density at radius 3 is 2.56 bits per heavy atom. The molecule has 1 fully saturated rings. The van der Waals surface area contributed by atoms with Crippen molar-refractivity contribution in [1.29, 1.82) is 5.26 Å². The molecule has 6 heteroatoms. The van der Waals surface area contributed by atoms with E-state index in [1.807, 2.05) is 6.92 Å². The summed E-state index contributed by atoms with van der Waals surface area (Å²) < 4.78 is 5.83. The highest BCUT2D eigenvalue weighted by atomic mass is 16.5. The molecule has 0 aliphatic carbocycles. The first-order chi connectivity index (χ1) is 12.7. The summed E-state index contributed by atoms with van der Waals surface area (Å²) in [6, 6.07) is 9.08. The van der Waals surface area contributed by atoms with Gasteiger partial charge in [-0.2, -0.15) is 5.26 Å². The van der Waals surface area contributed by atoms with Crippen LogP contribution in [-0.4, -0.2) is 23.1 Å². The van der Waals surface area contributed by atoms with Crippen LogP contribution in [0.25, 0.3) is 11.1 Å². The molecule has 2 heterocycles. The van der Waals surface area contributed by atoms with E-state index < -0.39 is 5.91 Å². The van der Waals surface area contributed by atoms with Crippen LogP contribution in [0.2, 0.25) is 0 Å². The number of rotatable bonds is 3. The molecule has 1 atom stereocenters. The molecule has 6 nitrogen and oxygen atoms in total. The van der Waals surface area contributed by atoms with E-state index in [-0.39, 0.29) is 17.3 Å². The molecule has 0 radical (unpaired) electrons. The SMILES string of the molecule is Cc1c([C@H]2CCOC(C)(C)C2)nc(N)c(C#N)c1-c1ccc(C(N)=O)cc1. The van der Waals surface area contributed by atoms with E-state index in [1.165, 1.54) is 0 Å². The van der Waals surface area contributed by atoms with Gasteiger partial charge in [0.1, 0.15) is 17.5 Å². The van der Waals surface area contributed by atoms with Crippen LogP contribution in [0.3, 0.4) is 0 Å². The number of nitrogen functional groups attached to an aromatic ring is 1. The number of benzene rings is 1. The van der Waals surface area contributed by atoms with E-state index in [0.29, 0.717) is 17.7 Å². The van der Waals surface area contributed by atoms with Gasteiger partial charge in [0.05, 0.1) is 5.60 Å². The molecule has 0 saturated carbocycles. The molecule has 140 valence electrons. The highest BCUT2D eigenvalue weighted by Crippen LogP contribution is 2.40. The van der Waals surface area contributed by atoms with Crippen molar-refractivity contribution in [3.63, 3.8) is 0 Å². The van der Waals surface area contributed by atoms with Crippen molar-refractivity contribution in [3.05, 3.63) is 46.6 Å². The third kappa shape index (κ3) is 3.64. The van der Waals surface area contributed by atoms with Gasteiger partial charge in [-0.1, -0.05) is 12.1 Å². The summed E-state index contributed by atoms with van der Waals surface area (Å²) >= 11 is 0. The van der Waals surface area contributed by atoms with E-state index in [1.54, 1.807) is 24.3 Å². The fourth-order valence-electron chi connectivity index (χ4n) is 3.85. The number of anilines is 1. The molecule has 1 saturated heterocycles. The largest absolute Gasteiger partial charge is 0.383 e. The van der Waals surface area contributed by atoms with Crippen molar-refractivity contribution in [2.75, 3.05) is 12.3 Å². The summed E-state index contributed by atoms with van der Waals surface area (Å²) in [5.74, 6) is -0.0399. The Labute approximate surface area is 159 Å². The van der Waals surface area contributed by atoms with E-state index in [4.69, 9.17) is 16.2 Å². The molecule has 0 bridgehead atoms. The minimum Gasteiger partial charge on any atom is -0.383 e. The van der Waals surface area contributed by atoms with Gasteiger partial charge in [-0.05, 0) is 56.9 Å². The smallest absolute Gasteiger partial charge is 0.248 e. The van der Waals surface area contributed by atoms with Gasteiger partial charge >= 0.3 is 0 Å². The number of primary amides is 1. The van der Waals surface area contributed by atoms with E-state index in [9.17, 15) is 10.1 Å². The van der Waals surface area contributed by atoms with Gasteiger partial charge in [0.15, 0.2) is 0 Å². The molecule has 0 spiro atoms. The van der Waals surface area contributed by atoms with Gasteiger partial charge in [-0.3, -0.25) is 4.79 Å². The lowest BCUT2D eigenvalue weighted by Gasteiger charge is -2.36. The Bertz CT molecular complexity index is 927. The van der Waals surface area contributed by atoms with Crippen LogP contribution in [0, 0.1) is 18.3 Å². The number of aromatic nitrogens is 1. The van der Waals surface area contributed by atoms with Crippen molar-refractivity contribution in [3.8, 4) is 17.2 Å². The van der Waals surface area contributed by atoms with Crippen molar-refractivity contribution in [1.82, 2.24) is 4.98 Å². The van der Waals surface area contributed by atoms with Gasteiger partial charge in [0, 0.05) is 29.3 Å². The number of amides is 1. The highest BCUT2D eigenvalue weighted by molar-refractivity contribution is 5.93. The Balaban J connectivity index is 2.14. The second-order valence-electron chi connectivity index (χ2n) is 7.61. The van der Waals surface area contributed by atoms with E-state index in [2.05, 4.69) is 24.9 Å². The topological polar surface area (TPSA) is 115 Å². The third-order valence-corrected chi connectivity index (χ3v) is 5.16. The maximum atomic E-state index is 11.3. The number of carbonyl (C=O) groups excluding carboxylic acids is 1. The average molecular weight is 364 g/mol. The van der Waals surface area contributed by atoms with E-state index in [0.717, 1.165) is 35.2 Å². The van der Waals surface area contributed by atoms with Gasteiger partial charge in [-0.15, -0.1) is 0 Å². The summed E-state index contributed by atoms with van der Waals surface area (Å²) in [5.41, 5.74) is 15.5. The summed E-state index contributed by atoms with van der Waals surface area (Å²) in [6.07, 6.45) is 1.70. The molecule has 1 aliphatic heterocycles. The lowest BCUT2D eigenvalue weighted by atomic mass is 9.82. The second-order valence-corrected chi connectivity index (χ2v) is 7.61. The third-order valence-electron chi connectivity index (χ3n) is 5.16. The number of hydrogen-bond acceptors (Lipinski definition) is 5. The molecule has 1 amide bonds. The van der Waals surface area contributed by atoms with Crippen LogP contribution < -0.4 is 11.5 Å². The summed E-state index contributed by atoms with van der Waals surface area (Å²) in [5, 5.41) is 9.65. The molecule has 1 aromatic carbocycles. The van der Waals surface area contributed by atoms with Crippen LogP contribution in [0.4, 0.5) is 5.82 Å². The Kier molecular flexibility index (Phi) is 4.90. The normalized spacial score (nSPS) is 18.7. The number of ether oxygens (including phenoxy) is 1. The predicted octanol–water partition coefficient (Wildman–Crippen LogP) is 3.28. The second kappa shape index (κ2) is 7.01. The lowest BCUT2D eigenvalue weighted by molar-refractivity contribution is -0.0598. The lowest BCUT2D eigenvalue weighted by Crippen LogP contribution is -2.33. The van der Waals surface area contributed by atoms with E-state index >= 15 is 0 Å². The Morgan fingerprint density at radius 1 is 1.33 bits per heavy atom. The van der Waals surface area contributed by atoms with Crippen molar-refractivity contribution in [2.45, 2.75) is 45.1 Å². The van der Waals surface area contributed by atoms with Crippen LogP contribution in [0.15, 0.2) is 24.3 Å². The van der Waals surface area contributed by atoms with Gasteiger partial charge in [-0.25, -0.2) is 4.98 Å². The molecule has 0 unspecified atom stereocenters. The van der Waals surface area contributed by atoms with Crippen LogP contribution >= 0.6 is 0 Å². The monoisotopic (exact) mass is 364 g/mol. The average Bonchev–Trinajstić information content (AvgIpc) is 2.62. The Morgan fingerprint density at radius 2 is 2.00 bits per heavy atom. The number of nitriles is 1. The van der Waals surface area contributed by atoms with Crippen LogP contribution in [0.1, 0.15) is 59.8 Å². The van der Waals surface area contributed by atoms with Gasteiger partial charge in [0.2, 0.25) is 5.91 Å². The zero-order valence-electron chi connectivity index (χ0n) is 15.9. The zero-order valence-corrected chi connectivity index (χ0v) is 15.9. The minimum absolute atomic E-state index is 0.215. The molecular formula is C21H24N4O2. The fourth-order valence-corrected chi connectivity index (χ4v) is 3.85. The first-order valence-corrected chi connectivity index (χ1v) is 8.98. The number of nitrogens with two attached hydrogens (primary N) is 2. The molecule has 27 heavy (non-hydrogen) atoms. The first kappa shape index (κ1) is 18.9. The molecule has 1 aliphatic rings. The summed E-state index contributed by atoms with van der Waals surface area (Å²) in [7, 11) is 0. The van der Waals surface area contributed by atoms with Crippen molar-refractivity contribution < 1.29 is 9.53 Å². The van der Waals surface area contributed by atoms with Crippen molar-refractivity contribution >= 4 is 11.7 Å². The maximum absolute atomic E-state index is 11.3. The van der Waals surface area contributed by atoms with Gasteiger partial charge < -0.3 is 16.2 Å². The molecular weight excluding hydrogens is 340 g/mol. The fraction of sp³-hybridized carbons (Fsp3) is 0.381. The number of hydrogen-bond donors (Lipinski definition) is 2. The molecule has 1 aromatic heterocycles. The summed E-state index contributed by atoms with van der Waals surface area (Å²) in [4.78, 5) is 15.9. The highest BCUT2D eigenvalue weighted by Gasteiger charge is 2.32. The maximum Gasteiger partial charge on any atom is 0.248 e. The van der Waals surface area contributed by atoms with Crippen molar-refractivity contribution in [2.24, 2.45) is 5.73 Å². The quantitative estimate of drug-likeness (QED) is 0.867. The van der Waals surface area contributed by atoms with Crippen LogP contribution in [0.5, 0.6) is 0 Å². The predicted molar refractivity (Wildman–Crippen MR) is 104 cm³/mol. The molecule has 2 aromatic rings. The standard InChI is InChI=1S/C21H24N4O2/c1-12-17(13-4-6-14(7-5-13)20(24)26)16(11-22)19(23)25-18(12)15-8-9-27-21(2,3)10-15/h4-7,15H,8-10H2,1-3H3,(H2,23,25)(H2,24,26)/t15-/m0/s1. The summed E-state index contributed by atoms with van der Waals surface area (Å²) in [6.45, 7) is 6.79. The van der Waals surface area contributed by atoms with Crippen LogP contribution in [-0.2, 0) is 4.74 Å². The first-order valence-electron chi connectivity index (χ1n) is 8.98. The molecule has 4 N–H and O–H groups in total. The van der Waals surface area contributed by atoms with Gasteiger partial charge in [0.25, 0.3) is 0 Å². The number of carbonyl (C=O) groups is 1. The number of pyridine rings is 1. The minimum atomic E-state index is -0.488. The Hall–Kier alpha value is -2.91. The number of nitrogens with zero attached hydrogens (tertiary/aromatic N) is 2.